The van der Waals surface area contributed by atoms with Crippen molar-refractivity contribution in [3.63, 3.8) is 0 Å². The molecule has 0 amide bonds. The zero-order valence-electron chi connectivity index (χ0n) is 11.5. The smallest absolute Gasteiger partial charge is 0.176 e. The fourth-order valence-electron chi connectivity index (χ4n) is 3.02. The monoisotopic (exact) mass is 267 g/mol. The van der Waals surface area contributed by atoms with Crippen LogP contribution in [-0.4, -0.2) is 16.1 Å². The molecule has 1 atom stereocenters. The van der Waals surface area contributed by atoms with Gasteiger partial charge in [0.1, 0.15) is 0 Å². The maximum Gasteiger partial charge on any atom is 0.176 e. The normalized spacial score (nSPS) is 18.9. The number of rotatable bonds is 2. The zero-order valence-corrected chi connectivity index (χ0v) is 11.5. The first-order valence-electron chi connectivity index (χ1n) is 7.06. The second kappa shape index (κ2) is 4.49. The molecule has 0 aliphatic carbocycles. The van der Waals surface area contributed by atoms with Gasteiger partial charge in [-0.25, -0.2) is 4.98 Å². The Hall–Kier alpha value is -2.07. The largest absolute Gasteiger partial charge is 0.461 e. The van der Waals surface area contributed by atoms with E-state index in [-0.39, 0.29) is 0 Å². The predicted molar refractivity (Wildman–Crippen MR) is 78.4 cm³/mol. The first-order valence-corrected chi connectivity index (χ1v) is 7.06. The minimum atomic E-state index is 0.487. The number of benzene rings is 1. The zero-order chi connectivity index (χ0) is 13.5. The number of furan rings is 1. The number of hydrogen-bond donors (Lipinski definition) is 1. The molecule has 1 unspecified atom stereocenters. The molecule has 1 fully saturated rings. The second-order valence-corrected chi connectivity index (χ2v) is 5.37. The fourth-order valence-corrected chi connectivity index (χ4v) is 3.02. The Labute approximate surface area is 117 Å². The van der Waals surface area contributed by atoms with Crippen molar-refractivity contribution in [1.82, 2.24) is 14.9 Å². The number of hydrogen-bond acceptors (Lipinski definition) is 3. The molecule has 4 nitrogen and oxygen atoms in total. The van der Waals surface area contributed by atoms with E-state index in [1.54, 1.807) is 6.26 Å². The van der Waals surface area contributed by atoms with Crippen molar-refractivity contribution in [2.24, 2.45) is 7.05 Å². The Morgan fingerprint density at radius 3 is 3.05 bits per heavy atom. The van der Waals surface area contributed by atoms with Crippen LogP contribution in [0.2, 0.25) is 0 Å². The molecule has 2 aromatic heterocycles. The molecule has 0 radical (unpaired) electrons. The van der Waals surface area contributed by atoms with Crippen LogP contribution in [0.3, 0.4) is 0 Å². The molecule has 3 heterocycles. The summed E-state index contributed by atoms with van der Waals surface area (Å²) in [4.78, 5) is 4.67. The molecule has 102 valence electrons. The highest BCUT2D eigenvalue weighted by molar-refractivity contribution is 5.80. The topological polar surface area (TPSA) is 43.0 Å². The van der Waals surface area contributed by atoms with Gasteiger partial charge < -0.3 is 14.3 Å². The van der Waals surface area contributed by atoms with Crippen LogP contribution in [0.4, 0.5) is 0 Å². The summed E-state index contributed by atoms with van der Waals surface area (Å²) in [6.45, 7) is 1.12. The Morgan fingerprint density at radius 2 is 2.30 bits per heavy atom. The summed E-state index contributed by atoms with van der Waals surface area (Å²) < 4.78 is 7.57. The highest BCUT2D eigenvalue weighted by Gasteiger charge is 2.18. The van der Waals surface area contributed by atoms with E-state index >= 15 is 0 Å². The van der Waals surface area contributed by atoms with Crippen molar-refractivity contribution in [2.45, 2.75) is 18.9 Å². The summed E-state index contributed by atoms with van der Waals surface area (Å²) in [5, 5.41) is 3.54. The molecular weight excluding hydrogens is 250 g/mol. The maximum atomic E-state index is 5.46. The van der Waals surface area contributed by atoms with E-state index in [0.717, 1.165) is 29.2 Å². The molecule has 1 N–H and O–H groups in total. The summed E-state index contributed by atoms with van der Waals surface area (Å²) in [6, 6.07) is 10.9. The molecule has 4 heteroatoms. The van der Waals surface area contributed by atoms with E-state index < -0.39 is 0 Å². The number of imidazole rings is 1. The van der Waals surface area contributed by atoms with Gasteiger partial charge in [0.15, 0.2) is 11.6 Å². The molecule has 20 heavy (non-hydrogen) atoms. The third-order valence-electron chi connectivity index (χ3n) is 4.11. The summed E-state index contributed by atoms with van der Waals surface area (Å²) in [7, 11) is 2.04. The van der Waals surface area contributed by atoms with Crippen LogP contribution < -0.4 is 5.32 Å². The van der Waals surface area contributed by atoms with Crippen LogP contribution in [-0.2, 0) is 7.05 Å². The van der Waals surface area contributed by atoms with Crippen LogP contribution in [0.15, 0.2) is 41.0 Å². The van der Waals surface area contributed by atoms with Gasteiger partial charge in [0.25, 0.3) is 0 Å². The third-order valence-corrected chi connectivity index (χ3v) is 4.11. The number of fused-ring (bicyclic) bond motifs is 1. The molecule has 0 saturated carbocycles. The van der Waals surface area contributed by atoms with E-state index in [0.29, 0.717) is 6.04 Å². The first kappa shape index (κ1) is 11.7. The van der Waals surface area contributed by atoms with E-state index in [2.05, 4.69) is 33.1 Å². The van der Waals surface area contributed by atoms with Gasteiger partial charge in [0, 0.05) is 13.1 Å². The molecule has 1 aromatic carbocycles. The van der Waals surface area contributed by atoms with Gasteiger partial charge in [-0.15, -0.1) is 0 Å². The Kier molecular flexibility index (Phi) is 2.63. The van der Waals surface area contributed by atoms with E-state index in [9.17, 15) is 0 Å². The van der Waals surface area contributed by atoms with Gasteiger partial charge in [-0.1, -0.05) is 6.07 Å². The van der Waals surface area contributed by atoms with Gasteiger partial charge in [0.2, 0.25) is 0 Å². The molecule has 4 rings (SSSR count). The number of aryl methyl sites for hydroxylation is 1. The van der Waals surface area contributed by atoms with Crippen molar-refractivity contribution in [3.8, 4) is 11.6 Å². The quantitative estimate of drug-likeness (QED) is 0.775. The van der Waals surface area contributed by atoms with Gasteiger partial charge in [-0.2, -0.15) is 0 Å². The molecule has 1 aliphatic heterocycles. The molecule has 1 aliphatic rings. The average Bonchev–Trinajstić information content (AvgIpc) is 3.19. The maximum absolute atomic E-state index is 5.46. The van der Waals surface area contributed by atoms with Crippen molar-refractivity contribution >= 4 is 11.0 Å². The molecule has 3 aromatic rings. The van der Waals surface area contributed by atoms with Crippen LogP contribution in [0.1, 0.15) is 24.4 Å². The average molecular weight is 267 g/mol. The minimum absolute atomic E-state index is 0.487. The number of nitrogens with one attached hydrogen (secondary N) is 1. The van der Waals surface area contributed by atoms with E-state index in [4.69, 9.17) is 4.42 Å². The summed E-state index contributed by atoms with van der Waals surface area (Å²) >= 11 is 0. The lowest BCUT2D eigenvalue weighted by atomic mass is 10.0. The lowest BCUT2D eigenvalue weighted by molar-refractivity contribution is 0.574. The number of aromatic nitrogens is 2. The van der Waals surface area contributed by atoms with Crippen LogP contribution in [0.25, 0.3) is 22.6 Å². The van der Waals surface area contributed by atoms with Crippen LogP contribution in [0, 0.1) is 0 Å². The van der Waals surface area contributed by atoms with Gasteiger partial charge in [-0.05, 0) is 49.2 Å². The lowest BCUT2D eigenvalue weighted by Gasteiger charge is -2.10. The van der Waals surface area contributed by atoms with Gasteiger partial charge >= 0.3 is 0 Å². The highest BCUT2D eigenvalue weighted by atomic mass is 16.3. The standard InChI is InChI=1S/C16H17N3O/c1-19-14-10-11(12-4-2-8-17-12)6-7-13(14)18-16(19)15-5-3-9-20-15/h3,5-7,9-10,12,17H,2,4,8H2,1H3. The minimum Gasteiger partial charge on any atom is -0.461 e. The van der Waals surface area contributed by atoms with Gasteiger partial charge in [-0.3, -0.25) is 0 Å². The summed E-state index contributed by atoms with van der Waals surface area (Å²) in [5.41, 5.74) is 3.52. The Morgan fingerprint density at radius 1 is 1.35 bits per heavy atom. The highest BCUT2D eigenvalue weighted by Crippen LogP contribution is 2.29. The van der Waals surface area contributed by atoms with Crippen molar-refractivity contribution in [2.75, 3.05) is 6.54 Å². The van der Waals surface area contributed by atoms with Crippen molar-refractivity contribution in [3.05, 3.63) is 42.2 Å². The van der Waals surface area contributed by atoms with Crippen LogP contribution >= 0.6 is 0 Å². The lowest BCUT2D eigenvalue weighted by Crippen LogP contribution is -2.12. The first-order chi connectivity index (χ1) is 9.83. The molecule has 0 bridgehead atoms. The van der Waals surface area contributed by atoms with E-state index in [1.807, 2.05) is 19.2 Å². The van der Waals surface area contributed by atoms with E-state index in [1.165, 1.54) is 18.4 Å². The SMILES string of the molecule is Cn1c(-c2ccco2)nc2ccc(C3CCCN3)cc21. The Balaban J connectivity index is 1.84. The van der Waals surface area contributed by atoms with Crippen molar-refractivity contribution in [1.29, 1.82) is 0 Å². The second-order valence-electron chi connectivity index (χ2n) is 5.37. The third kappa shape index (κ3) is 1.76. The number of nitrogens with zero attached hydrogens (tertiary/aromatic N) is 2. The summed E-state index contributed by atoms with van der Waals surface area (Å²) in [5.74, 6) is 1.69. The molecule has 1 saturated heterocycles. The van der Waals surface area contributed by atoms with Crippen LogP contribution in [0.5, 0.6) is 0 Å². The predicted octanol–water partition coefficient (Wildman–Crippen LogP) is 3.26. The molecular formula is C16H17N3O. The fraction of sp³-hybridized carbons (Fsp3) is 0.312. The van der Waals surface area contributed by atoms with Crippen molar-refractivity contribution < 1.29 is 4.42 Å². The molecule has 0 spiro atoms. The summed E-state index contributed by atoms with van der Waals surface area (Å²) in [6.07, 6.45) is 4.16. The Bertz CT molecular complexity index is 737. The van der Waals surface area contributed by atoms with Gasteiger partial charge in [0.05, 0.1) is 17.3 Å².